The van der Waals surface area contributed by atoms with Crippen LogP contribution in [0.3, 0.4) is 0 Å². The zero-order valence-electron chi connectivity index (χ0n) is 15.7. The average Bonchev–Trinajstić information content (AvgIpc) is 2.71. The Kier molecular flexibility index (Phi) is 4.97. The van der Waals surface area contributed by atoms with Crippen LogP contribution in [0, 0.1) is 0 Å². The Morgan fingerprint density at radius 3 is 3.04 bits per heavy atom. The van der Waals surface area contributed by atoms with Crippen molar-refractivity contribution >= 4 is 28.9 Å². The van der Waals surface area contributed by atoms with Gasteiger partial charge in [0.1, 0.15) is 5.75 Å². The van der Waals surface area contributed by atoms with Gasteiger partial charge in [-0.05, 0) is 55.2 Å². The first-order chi connectivity index (χ1) is 13.6. The van der Waals surface area contributed by atoms with Crippen molar-refractivity contribution in [3.8, 4) is 5.75 Å². The van der Waals surface area contributed by atoms with Crippen LogP contribution < -0.4 is 20.4 Å². The van der Waals surface area contributed by atoms with Gasteiger partial charge in [-0.25, -0.2) is 5.43 Å². The Hall–Kier alpha value is -3.35. The minimum atomic E-state index is -0.186. The zero-order valence-corrected chi connectivity index (χ0v) is 15.7. The molecule has 0 atom stereocenters. The lowest BCUT2D eigenvalue weighted by molar-refractivity contribution is -0.120. The highest BCUT2D eigenvalue weighted by Crippen LogP contribution is 2.29. The smallest absolute Gasteiger partial charge is 0.262 e. The maximum Gasteiger partial charge on any atom is 0.262 e. The lowest BCUT2D eigenvalue weighted by Crippen LogP contribution is -2.38. The molecule has 0 bridgehead atoms. The van der Waals surface area contributed by atoms with Crippen molar-refractivity contribution in [2.45, 2.75) is 19.8 Å². The number of nitrogens with one attached hydrogen (secondary N) is 2. The second kappa shape index (κ2) is 7.72. The number of hydrogen-bond donors (Lipinski definition) is 2. The van der Waals surface area contributed by atoms with E-state index in [1.165, 1.54) is 5.56 Å². The molecule has 0 saturated carbocycles. The minimum absolute atomic E-state index is 0.0229. The standard InChI is InChI=1S/C21H22N4O3/c1-14(16-8-9-19-17(11-16)22-21(27)13-28-19)23-24-20(26)12-25-10-4-6-15-5-2-3-7-18(15)25/h2-3,5,7-9,11H,4,6,10,12-13H2,1H3,(H,22,27)(H,24,26)/b23-14-. The lowest BCUT2D eigenvalue weighted by Gasteiger charge is -2.30. The number of rotatable bonds is 4. The number of hydrogen-bond acceptors (Lipinski definition) is 5. The van der Waals surface area contributed by atoms with E-state index in [-0.39, 0.29) is 25.0 Å². The first-order valence-corrected chi connectivity index (χ1v) is 9.33. The van der Waals surface area contributed by atoms with E-state index in [0.29, 0.717) is 17.1 Å². The van der Waals surface area contributed by atoms with E-state index in [1.807, 2.05) is 25.1 Å². The monoisotopic (exact) mass is 378 g/mol. The van der Waals surface area contributed by atoms with Crippen LogP contribution in [0.2, 0.25) is 0 Å². The van der Waals surface area contributed by atoms with Crippen LogP contribution in [0.25, 0.3) is 0 Å². The average molecular weight is 378 g/mol. The first kappa shape index (κ1) is 18.0. The van der Waals surface area contributed by atoms with Gasteiger partial charge in [0.25, 0.3) is 11.8 Å². The van der Waals surface area contributed by atoms with E-state index in [0.717, 1.165) is 30.6 Å². The summed E-state index contributed by atoms with van der Waals surface area (Å²) in [6, 6.07) is 13.6. The molecule has 0 spiro atoms. The largest absolute Gasteiger partial charge is 0.482 e. The number of amides is 2. The van der Waals surface area contributed by atoms with Gasteiger partial charge < -0.3 is 15.0 Å². The van der Waals surface area contributed by atoms with Crippen LogP contribution in [0.15, 0.2) is 47.6 Å². The molecule has 28 heavy (non-hydrogen) atoms. The Labute approximate surface area is 163 Å². The summed E-state index contributed by atoms with van der Waals surface area (Å²) in [4.78, 5) is 26.0. The second-order valence-electron chi connectivity index (χ2n) is 6.93. The molecular weight excluding hydrogens is 356 g/mol. The van der Waals surface area contributed by atoms with Crippen molar-refractivity contribution in [1.82, 2.24) is 5.43 Å². The van der Waals surface area contributed by atoms with Gasteiger partial charge >= 0.3 is 0 Å². The second-order valence-corrected chi connectivity index (χ2v) is 6.93. The highest BCUT2D eigenvalue weighted by Gasteiger charge is 2.19. The van der Waals surface area contributed by atoms with Crippen molar-refractivity contribution in [3.05, 3.63) is 53.6 Å². The maximum atomic E-state index is 12.4. The summed E-state index contributed by atoms with van der Waals surface area (Å²) in [5, 5.41) is 6.99. The van der Waals surface area contributed by atoms with Crippen molar-refractivity contribution in [2.24, 2.45) is 5.10 Å². The summed E-state index contributed by atoms with van der Waals surface area (Å²) >= 11 is 0. The number of ether oxygens (including phenoxy) is 1. The highest BCUT2D eigenvalue weighted by atomic mass is 16.5. The predicted molar refractivity (Wildman–Crippen MR) is 108 cm³/mol. The third-order valence-electron chi connectivity index (χ3n) is 4.92. The Bertz CT molecular complexity index is 954. The Morgan fingerprint density at radius 2 is 2.14 bits per heavy atom. The molecule has 0 fully saturated rings. The molecule has 7 nitrogen and oxygen atoms in total. The predicted octanol–water partition coefficient (Wildman–Crippen LogP) is 2.31. The van der Waals surface area contributed by atoms with Crippen molar-refractivity contribution in [1.29, 1.82) is 0 Å². The van der Waals surface area contributed by atoms with E-state index < -0.39 is 0 Å². The topological polar surface area (TPSA) is 83.0 Å². The highest BCUT2D eigenvalue weighted by molar-refractivity contribution is 6.02. The number of aryl methyl sites for hydroxylation is 1. The molecule has 2 amide bonds. The molecule has 2 aliphatic heterocycles. The molecule has 0 radical (unpaired) electrons. The van der Waals surface area contributed by atoms with Crippen LogP contribution in [-0.2, 0) is 16.0 Å². The van der Waals surface area contributed by atoms with Gasteiger partial charge in [-0.15, -0.1) is 0 Å². The number of carbonyl (C=O) groups is 2. The molecule has 0 aliphatic carbocycles. The molecule has 144 valence electrons. The SMILES string of the molecule is C/C(=N/NC(=O)CN1CCCc2ccccc21)c1ccc2c(c1)NC(=O)CO2. The number of fused-ring (bicyclic) bond motifs is 2. The molecule has 4 rings (SSSR count). The summed E-state index contributed by atoms with van der Waals surface area (Å²) in [6.45, 7) is 2.96. The van der Waals surface area contributed by atoms with Crippen molar-refractivity contribution < 1.29 is 14.3 Å². The summed E-state index contributed by atoms with van der Waals surface area (Å²) in [6.07, 6.45) is 2.08. The van der Waals surface area contributed by atoms with Crippen molar-refractivity contribution in [2.75, 3.05) is 29.9 Å². The third-order valence-corrected chi connectivity index (χ3v) is 4.92. The number of benzene rings is 2. The molecule has 2 N–H and O–H groups in total. The van der Waals surface area contributed by atoms with Gasteiger partial charge in [-0.3, -0.25) is 9.59 Å². The number of nitrogens with zero attached hydrogens (tertiary/aromatic N) is 2. The maximum absolute atomic E-state index is 12.4. The van der Waals surface area contributed by atoms with Gasteiger partial charge in [0, 0.05) is 12.2 Å². The Balaban J connectivity index is 1.41. The number of hydrazone groups is 1. The number of para-hydroxylation sites is 1. The van der Waals surface area contributed by atoms with E-state index in [2.05, 4.69) is 32.9 Å². The van der Waals surface area contributed by atoms with Crippen LogP contribution in [0.1, 0.15) is 24.5 Å². The molecule has 2 aliphatic rings. The van der Waals surface area contributed by atoms with Crippen LogP contribution in [0.4, 0.5) is 11.4 Å². The normalized spacial score (nSPS) is 15.8. The van der Waals surface area contributed by atoms with Crippen molar-refractivity contribution in [3.63, 3.8) is 0 Å². The zero-order chi connectivity index (χ0) is 19.5. The summed E-state index contributed by atoms with van der Waals surface area (Å²) in [5.74, 6) is 0.281. The summed E-state index contributed by atoms with van der Waals surface area (Å²) in [5.41, 5.74) is 7.09. The fourth-order valence-electron chi connectivity index (χ4n) is 3.50. The van der Waals surface area contributed by atoms with Gasteiger partial charge in [0.2, 0.25) is 0 Å². The fraction of sp³-hybridized carbons (Fsp3) is 0.286. The fourth-order valence-corrected chi connectivity index (χ4v) is 3.50. The van der Waals surface area contributed by atoms with Gasteiger partial charge in [-0.2, -0.15) is 5.10 Å². The van der Waals surface area contributed by atoms with E-state index >= 15 is 0 Å². The van der Waals surface area contributed by atoms with E-state index in [1.54, 1.807) is 12.1 Å². The number of anilines is 2. The molecule has 0 saturated heterocycles. The van der Waals surface area contributed by atoms with E-state index in [9.17, 15) is 9.59 Å². The molecule has 2 heterocycles. The first-order valence-electron chi connectivity index (χ1n) is 9.33. The molecule has 2 aromatic carbocycles. The van der Waals surface area contributed by atoms with E-state index in [4.69, 9.17) is 4.74 Å². The summed E-state index contributed by atoms with van der Waals surface area (Å²) in [7, 11) is 0. The molecule has 2 aromatic rings. The molecular formula is C21H22N4O3. The Morgan fingerprint density at radius 1 is 1.29 bits per heavy atom. The number of carbonyl (C=O) groups excluding carboxylic acids is 2. The van der Waals surface area contributed by atoms with Gasteiger partial charge in [-0.1, -0.05) is 18.2 Å². The third kappa shape index (κ3) is 3.83. The van der Waals surface area contributed by atoms with Gasteiger partial charge in [0.15, 0.2) is 6.61 Å². The quantitative estimate of drug-likeness (QED) is 0.632. The molecule has 7 heteroatoms. The van der Waals surface area contributed by atoms with Gasteiger partial charge in [0.05, 0.1) is 17.9 Å². The summed E-state index contributed by atoms with van der Waals surface area (Å²) < 4.78 is 5.35. The minimum Gasteiger partial charge on any atom is -0.482 e. The molecule has 0 unspecified atom stereocenters. The molecule has 0 aromatic heterocycles. The van der Waals surface area contributed by atoms with Crippen LogP contribution >= 0.6 is 0 Å². The van der Waals surface area contributed by atoms with Crippen LogP contribution in [-0.4, -0.2) is 37.2 Å². The van der Waals surface area contributed by atoms with Crippen LogP contribution in [0.5, 0.6) is 5.75 Å². The lowest BCUT2D eigenvalue weighted by atomic mass is 10.0.